The molecule has 4 rings (SSSR count). The number of aliphatic hydroxyl groups is 1. The molecule has 1 aromatic heterocycles. The lowest BCUT2D eigenvalue weighted by molar-refractivity contribution is -0.139. The minimum Gasteiger partial charge on any atom is -0.507 e. The number of ether oxygens (including phenoxy) is 1. The Bertz CT molecular complexity index is 1290. The largest absolute Gasteiger partial charge is 0.507 e. The quantitative estimate of drug-likeness (QED) is 0.261. The number of carbonyl (C=O) groups is 2. The van der Waals surface area contributed by atoms with Gasteiger partial charge in [-0.2, -0.15) is 0 Å². The van der Waals surface area contributed by atoms with E-state index in [-0.39, 0.29) is 29.6 Å². The molecule has 0 bridgehead atoms. The van der Waals surface area contributed by atoms with E-state index in [2.05, 4.69) is 4.98 Å². The lowest BCUT2D eigenvalue weighted by atomic mass is 9.94. The first-order valence-electron chi connectivity index (χ1n) is 12.0. The standard InChI is InChI=1S/C29H29FN2O4/c1-4-36-24-13-10-20(17-22(24)18(2)3)27(33)25-26(23-7-5-6-15-31-23)32(29(35)28(25)34)16-14-19-8-11-21(30)12-9-19/h5-13,15,17-18,26,33H,4,14,16H2,1-3H3/b27-25-. The van der Waals surface area contributed by atoms with Gasteiger partial charge in [0.15, 0.2) is 0 Å². The zero-order chi connectivity index (χ0) is 25.8. The van der Waals surface area contributed by atoms with Crippen LogP contribution < -0.4 is 4.74 Å². The Morgan fingerprint density at radius 3 is 2.50 bits per heavy atom. The number of carbonyl (C=O) groups excluding carboxylic acids is 2. The zero-order valence-electron chi connectivity index (χ0n) is 20.6. The van der Waals surface area contributed by atoms with E-state index < -0.39 is 17.7 Å². The van der Waals surface area contributed by atoms with Crippen LogP contribution in [-0.2, 0) is 16.0 Å². The predicted octanol–water partition coefficient (Wildman–Crippen LogP) is 5.41. The SMILES string of the molecule is CCOc1ccc(/C(O)=C2/C(=O)C(=O)N(CCc3ccc(F)cc3)C2c2ccccn2)cc1C(C)C. The molecule has 1 fully saturated rings. The maximum absolute atomic E-state index is 13.3. The first kappa shape index (κ1) is 25.1. The van der Waals surface area contributed by atoms with Crippen LogP contribution in [0.15, 0.2) is 72.4 Å². The van der Waals surface area contributed by atoms with Crippen molar-refractivity contribution in [3.05, 3.63) is 101 Å². The van der Waals surface area contributed by atoms with Gasteiger partial charge in [0.2, 0.25) is 0 Å². The Morgan fingerprint density at radius 2 is 1.86 bits per heavy atom. The number of halogens is 1. The van der Waals surface area contributed by atoms with Gasteiger partial charge in [-0.15, -0.1) is 0 Å². The zero-order valence-corrected chi connectivity index (χ0v) is 20.6. The summed E-state index contributed by atoms with van der Waals surface area (Å²) in [5, 5.41) is 11.4. The summed E-state index contributed by atoms with van der Waals surface area (Å²) in [5.74, 6) is -1.23. The normalized spacial score (nSPS) is 17.1. The fourth-order valence-electron chi connectivity index (χ4n) is 4.45. The maximum atomic E-state index is 13.3. The van der Waals surface area contributed by atoms with Gasteiger partial charge < -0.3 is 14.7 Å². The predicted molar refractivity (Wildman–Crippen MR) is 135 cm³/mol. The van der Waals surface area contributed by atoms with Crippen molar-refractivity contribution in [3.63, 3.8) is 0 Å². The Hall–Kier alpha value is -4.00. The number of ketones is 1. The second-order valence-electron chi connectivity index (χ2n) is 8.96. The van der Waals surface area contributed by atoms with Crippen LogP contribution in [0.1, 0.15) is 55.1 Å². The first-order chi connectivity index (χ1) is 17.3. The number of aliphatic hydroxyl groups excluding tert-OH is 1. The molecule has 2 aromatic carbocycles. The second kappa shape index (κ2) is 10.7. The molecule has 1 aliphatic rings. The lowest BCUT2D eigenvalue weighted by Crippen LogP contribution is -2.32. The summed E-state index contributed by atoms with van der Waals surface area (Å²) in [7, 11) is 0. The highest BCUT2D eigenvalue weighted by molar-refractivity contribution is 6.46. The Morgan fingerprint density at radius 1 is 1.11 bits per heavy atom. The number of likely N-dealkylation sites (tertiary alicyclic amines) is 1. The van der Waals surface area contributed by atoms with Gasteiger partial charge >= 0.3 is 0 Å². The molecule has 0 saturated carbocycles. The van der Waals surface area contributed by atoms with Gasteiger partial charge in [0, 0.05) is 18.3 Å². The number of pyridine rings is 1. The second-order valence-corrected chi connectivity index (χ2v) is 8.96. The van der Waals surface area contributed by atoms with E-state index in [0.29, 0.717) is 30.0 Å². The molecule has 1 aliphatic heterocycles. The average molecular weight is 489 g/mol. The van der Waals surface area contributed by atoms with E-state index in [0.717, 1.165) is 11.1 Å². The van der Waals surface area contributed by atoms with Crippen LogP contribution in [0.2, 0.25) is 0 Å². The highest BCUT2D eigenvalue weighted by Gasteiger charge is 2.46. The van der Waals surface area contributed by atoms with Gasteiger partial charge in [-0.05, 0) is 72.9 Å². The van der Waals surface area contributed by atoms with Crippen molar-refractivity contribution in [1.29, 1.82) is 0 Å². The highest BCUT2D eigenvalue weighted by atomic mass is 19.1. The van der Waals surface area contributed by atoms with Gasteiger partial charge in [0.1, 0.15) is 23.4 Å². The summed E-state index contributed by atoms with van der Waals surface area (Å²) in [6, 6.07) is 15.7. The minimum atomic E-state index is -0.847. The molecule has 0 aliphatic carbocycles. The molecular weight excluding hydrogens is 459 g/mol. The Labute approximate surface area is 210 Å². The smallest absolute Gasteiger partial charge is 0.295 e. The maximum Gasteiger partial charge on any atom is 0.295 e. The van der Waals surface area contributed by atoms with Crippen LogP contribution in [-0.4, -0.2) is 39.8 Å². The van der Waals surface area contributed by atoms with E-state index in [1.165, 1.54) is 17.0 Å². The summed E-state index contributed by atoms with van der Waals surface area (Å²) >= 11 is 0. The monoisotopic (exact) mass is 488 g/mol. The Kier molecular flexibility index (Phi) is 7.48. The number of Topliss-reactive ketones (excluding diaryl/α,β-unsaturated/α-hetero) is 1. The lowest BCUT2D eigenvalue weighted by Gasteiger charge is -2.24. The fraction of sp³-hybridized carbons (Fsp3) is 0.276. The van der Waals surface area contributed by atoms with Crippen LogP contribution in [0.4, 0.5) is 4.39 Å². The fourth-order valence-corrected chi connectivity index (χ4v) is 4.45. The van der Waals surface area contributed by atoms with Crippen LogP contribution in [0.25, 0.3) is 5.76 Å². The van der Waals surface area contributed by atoms with Crippen LogP contribution in [0.5, 0.6) is 5.75 Å². The van der Waals surface area contributed by atoms with Gasteiger partial charge in [-0.3, -0.25) is 14.6 Å². The average Bonchev–Trinajstić information content (AvgIpc) is 3.13. The van der Waals surface area contributed by atoms with Crippen molar-refractivity contribution in [1.82, 2.24) is 9.88 Å². The molecule has 1 atom stereocenters. The summed E-state index contributed by atoms with van der Waals surface area (Å²) in [5.41, 5.74) is 2.62. The number of amides is 1. The molecule has 0 spiro atoms. The summed E-state index contributed by atoms with van der Waals surface area (Å²) < 4.78 is 19.0. The van der Waals surface area contributed by atoms with E-state index in [1.54, 1.807) is 54.7 Å². The van der Waals surface area contributed by atoms with Gasteiger partial charge in [-0.1, -0.05) is 32.0 Å². The molecule has 36 heavy (non-hydrogen) atoms. The van der Waals surface area contributed by atoms with E-state index in [1.807, 2.05) is 20.8 Å². The topological polar surface area (TPSA) is 79.7 Å². The van der Waals surface area contributed by atoms with Crippen molar-refractivity contribution >= 4 is 17.4 Å². The number of aromatic nitrogens is 1. The molecule has 186 valence electrons. The van der Waals surface area contributed by atoms with E-state index in [4.69, 9.17) is 4.74 Å². The van der Waals surface area contributed by atoms with Crippen LogP contribution in [0.3, 0.4) is 0 Å². The van der Waals surface area contributed by atoms with Crippen molar-refractivity contribution in [2.75, 3.05) is 13.2 Å². The minimum absolute atomic E-state index is 0.00308. The van der Waals surface area contributed by atoms with Gasteiger partial charge in [0.05, 0.1) is 17.9 Å². The number of rotatable bonds is 8. The molecule has 7 heteroatoms. The molecular formula is C29H29FN2O4. The summed E-state index contributed by atoms with van der Waals surface area (Å²) in [6.45, 7) is 6.64. The van der Waals surface area contributed by atoms with E-state index >= 15 is 0 Å². The number of nitrogens with zero attached hydrogens (tertiary/aromatic N) is 2. The Balaban J connectivity index is 1.77. The third-order valence-electron chi connectivity index (χ3n) is 6.27. The molecule has 0 radical (unpaired) electrons. The molecule has 1 amide bonds. The number of benzene rings is 2. The molecule has 6 nitrogen and oxygen atoms in total. The van der Waals surface area contributed by atoms with Gasteiger partial charge in [0.25, 0.3) is 11.7 Å². The van der Waals surface area contributed by atoms with Crippen LogP contribution >= 0.6 is 0 Å². The molecule has 3 aromatic rings. The third-order valence-corrected chi connectivity index (χ3v) is 6.27. The number of hydrogen-bond donors (Lipinski definition) is 1. The molecule has 1 saturated heterocycles. The highest BCUT2D eigenvalue weighted by Crippen LogP contribution is 2.39. The number of hydrogen-bond acceptors (Lipinski definition) is 5. The first-order valence-corrected chi connectivity index (χ1v) is 12.0. The van der Waals surface area contributed by atoms with Crippen molar-refractivity contribution in [2.24, 2.45) is 0 Å². The molecule has 1 unspecified atom stereocenters. The summed E-state index contributed by atoms with van der Waals surface area (Å²) in [6.07, 6.45) is 2.00. The molecule has 2 heterocycles. The van der Waals surface area contributed by atoms with Crippen molar-refractivity contribution < 1.29 is 23.8 Å². The van der Waals surface area contributed by atoms with Crippen LogP contribution in [0, 0.1) is 5.82 Å². The molecule has 1 N–H and O–H groups in total. The van der Waals surface area contributed by atoms with Crippen molar-refractivity contribution in [3.8, 4) is 5.75 Å². The van der Waals surface area contributed by atoms with Gasteiger partial charge in [-0.25, -0.2) is 4.39 Å². The van der Waals surface area contributed by atoms with Crippen molar-refractivity contribution in [2.45, 2.75) is 39.2 Å². The summed E-state index contributed by atoms with van der Waals surface area (Å²) in [4.78, 5) is 32.2. The third kappa shape index (κ3) is 5.00. The van der Waals surface area contributed by atoms with E-state index in [9.17, 15) is 19.1 Å².